The SMILES string of the molecule is Nc1ccc(NC(=O)c2ccnnc2)c(C(=O)O)c1. The van der Waals surface area contributed by atoms with Gasteiger partial charge in [-0.3, -0.25) is 4.79 Å². The maximum absolute atomic E-state index is 11.9. The van der Waals surface area contributed by atoms with Gasteiger partial charge in [0.25, 0.3) is 5.91 Å². The van der Waals surface area contributed by atoms with E-state index in [2.05, 4.69) is 15.5 Å². The van der Waals surface area contributed by atoms with E-state index in [1.54, 1.807) is 0 Å². The highest BCUT2D eigenvalue weighted by molar-refractivity contribution is 6.07. The van der Waals surface area contributed by atoms with Gasteiger partial charge in [-0.1, -0.05) is 0 Å². The van der Waals surface area contributed by atoms with Crippen LogP contribution in [0.15, 0.2) is 36.7 Å². The molecular weight excluding hydrogens is 248 g/mol. The number of aromatic carboxylic acids is 1. The number of nitrogen functional groups attached to an aromatic ring is 1. The zero-order chi connectivity index (χ0) is 13.8. The van der Waals surface area contributed by atoms with Crippen molar-refractivity contribution in [1.29, 1.82) is 0 Å². The number of hydrogen-bond acceptors (Lipinski definition) is 5. The fraction of sp³-hybridized carbons (Fsp3) is 0. The molecular formula is C12H10N4O3. The molecule has 0 aliphatic heterocycles. The van der Waals surface area contributed by atoms with Crippen molar-refractivity contribution < 1.29 is 14.7 Å². The van der Waals surface area contributed by atoms with Gasteiger partial charge in [0.1, 0.15) is 0 Å². The zero-order valence-electron chi connectivity index (χ0n) is 9.70. The van der Waals surface area contributed by atoms with Crippen LogP contribution in [0.2, 0.25) is 0 Å². The van der Waals surface area contributed by atoms with Gasteiger partial charge >= 0.3 is 5.97 Å². The Morgan fingerprint density at radius 1 is 1.21 bits per heavy atom. The highest BCUT2D eigenvalue weighted by Gasteiger charge is 2.14. The number of amides is 1. The van der Waals surface area contributed by atoms with Crippen LogP contribution in [0, 0.1) is 0 Å². The fourth-order valence-electron chi connectivity index (χ4n) is 1.47. The molecule has 0 fully saturated rings. The van der Waals surface area contributed by atoms with Gasteiger partial charge in [0, 0.05) is 5.69 Å². The number of benzene rings is 1. The third kappa shape index (κ3) is 2.83. The van der Waals surface area contributed by atoms with Crippen LogP contribution in [0.4, 0.5) is 11.4 Å². The molecule has 0 bridgehead atoms. The van der Waals surface area contributed by atoms with E-state index in [0.717, 1.165) is 0 Å². The molecule has 2 aromatic rings. The lowest BCUT2D eigenvalue weighted by Crippen LogP contribution is -2.15. The Bertz CT molecular complexity index is 628. The van der Waals surface area contributed by atoms with Crippen LogP contribution in [0.5, 0.6) is 0 Å². The van der Waals surface area contributed by atoms with Gasteiger partial charge in [0.05, 0.1) is 29.2 Å². The highest BCUT2D eigenvalue weighted by atomic mass is 16.4. The maximum Gasteiger partial charge on any atom is 0.337 e. The van der Waals surface area contributed by atoms with E-state index >= 15 is 0 Å². The van der Waals surface area contributed by atoms with Crippen LogP contribution < -0.4 is 11.1 Å². The van der Waals surface area contributed by atoms with Gasteiger partial charge in [0.2, 0.25) is 0 Å². The normalized spacial score (nSPS) is 9.89. The Kier molecular flexibility index (Phi) is 3.37. The lowest BCUT2D eigenvalue weighted by Gasteiger charge is -2.08. The molecule has 1 heterocycles. The Labute approximate surface area is 108 Å². The third-order valence-electron chi connectivity index (χ3n) is 2.37. The summed E-state index contributed by atoms with van der Waals surface area (Å²) in [7, 11) is 0. The van der Waals surface area contributed by atoms with Crippen LogP contribution in [0.1, 0.15) is 20.7 Å². The first-order valence-electron chi connectivity index (χ1n) is 5.29. The molecule has 0 spiro atoms. The molecule has 4 N–H and O–H groups in total. The first kappa shape index (κ1) is 12.5. The summed E-state index contributed by atoms with van der Waals surface area (Å²) < 4.78 is 0. The average molecular weight is 258 g/mol. The molecule has 0 atom stereocenters. The monoisotopic (exact) mass is 258 g/mol. The second-order valence-electron chi connectivity index (χ2n) is 3.70. The number of carboxylic acid groups (broad SMARTS) is 1. The van der Waals surface area contributed by atoms with Gasteiger partial charge in [0.15, 0.2) is 0 Å². The van der Waals surface area contributed by atoms with Crippen molar-refractivity contribution in [3.05, 3.63) is 47.8 Å². The molecule has 0 unspecified atom stereocenters. The van der Waals surface area contributed by atoms with Gasteiger partial charge in [-0.2, -0.15) is 10.2 Å². The predicted molar refractivity (Wildman–Crippen MR) is 67.8 cm³/mol. The minimum atomic E-state index is -1.17. The van der Waals surface area contributed by atoms with E-state index in [1.165, 1.54) is 36.7 Å². The number of carboxylic acids is 1. The second-order valence-corrected chi connectivity index (χ2v) is 3.70. The third-order valence-corrected chi connectivity index (χ3v) is 2.37. The number of anilines is 2. The Hall–Kier alpha value is -2.96. The lowest BCUT2D eigenvalue weighted by atomic mass is 10.1. The molecule has 0 aliphatic carbocycles. The topological polar surface area (TPSA) is 118 Å². The van der Waals surface area contributed by atoms with Crippen molar-refractivity contribution in [1.82, 2.24) is 10.2 Å². The summed E-state index contributed by atoms with van der Waals surface area (Å²) in [5.74, 6) is -1.64. The summed E-state index contributed by atoms with van der Waals surface area (Å²) >= 11 is 0. The quantitative estimate of drug-likeness (QED) is 0.707. The number of carbonyl (C=O) groups is 2. The molecule has 0 saturated carbocycles. The van der Waals surface area contributed by atoms with E-state index in [-0.39, 0.29) is 16.8 Å². The van der Waals surface area contributed by atoms with Gasteiger partial charge in [-0.25, -0.2) is 4.79 Å². The zero-order valence-corrected chi connectivity index (χ0v) is 9.70. The molecule has 96 valence electrons. The van der Waals surface area contributed by atoms with E-state index in [0.29, 0.717) is 5.69 Å². The summed E-state index contributed by atoms with van der Waals surface area (Å²) in [6.07, 6.45) is 2.66. The van der Waals surface area contributed by atoms with Crippen molar-refractivity contribution in [2.45, 2.75) is 0 Å². The van der Waals surface area contributed by atoms with Crippen LogP contribution in [0.25, 0.3) is 0 Å². The Morgan fingerprint density at radius 2 is 2.00 bits per heavy atom. The summed E-state index contributed by atoms with van der Waals surface area (Å²) in [6.45, 7) is 0. The van der Waals surface area contributed by atoms with Crippen molar-refractivity contribution >= 4 is 23.3 Å². The number of aromatic nitrogens is 2. The number of nitrogens with zero attached hydrogens (tertiary/aromatic N) is 2. The molecule has 1 aromatic heterocycles. The molecule has 0 saturated heterocycles. The van der Waals surface area contributed by atoms with E-state index in [4.69, 9.17) is 10.8 Å². The summed E-state index contributed by atoms with van der Waals surface area (Å²) in [6, 6.07) is 5.70. The van der Waals surface area contributed by atoms with Crippen LogP contribution >= 0.6 is 0 Å². The van der Waals surface area contributed by atoms with Gasteiger partial charge in [-0.05, 0) is 24.3 Å². The number of nitrogens with one attached hydrogen (secondary N) is 1. The van der Waals surface area contributed by atoms with Crippen molar-refractivity contribution in [2.24, 2.45) is 0 Å². The molecule has 1 amide bonds. The van der Waals surface area contributed by atoms with Crippen molar-refractivity contribution in [3.8, 4) is 0 Å². The van der Waals surface area contributed by atoms with E-state index < -0.39 is 11.9 Å². The molecule has 1 aromatic carbocycles. The summed E-state index contributed by atoms with van der Waals surface area (Å²) in [5, 5.41) is 18.7. The number of hydrogen-bond donors (Lipinski definition) is 3. The predicted octanol–water partition coefficient (Wildman–Crippen LogP) is 1.01. The van der Waals surface area contributed by atoms with Gasteiger partial charge < -0.3 is 16.2 Å². The first-order valence-corrected chi connectivity index (χ1v) is 5.29. The molecule has 0 aliphatic rings. The molecule has 7 nitrogen and oxygen atoms in total. The number of carbonyl (C=O) groups excluding carboxylic acids is 1. The minimum absolute atomic E-state index is 0.0737. The van der Waals surface area contributed by atoms with E-state index in [9.17, 15) is 9.59 Å². The Morgan fingerprint density at radius 3 is 2.63 bits per heavy atom. The fourth-order valence-corrected chi connectivity index (χ4v) is 1.47. The largest absolute Gasteiger partial charge is 0.478 e. The maximum atomic E-state index is 11.9. The Balaban J connectivity index is 2.29. The van der Waals surface area contributed by atoms with E-state index in [1.807, 2.05) is 0 Å². The highest BCUT2D eigenvalue weighted by Crippen LogP contribution is 2.19. The summed E-state index contributed by atoms with van der Waals surface area (Å²) in [4.78, 5) is 22.9. The lowest BCUT2D eigenvalue weighted by molar-refractivity contribution is 0.0698. The first-order chi connectivity index (χ1) is 9.08. The number of rotatable bonds is 3. The smallest absolute Gasteiger partial charge is 0.337 e. The van der Waals surface area contributed by atoms with Crippen LogP contribution in [0.3, 0.4) is 0 Å². The second kappa shape index (κ2) is 5.13. The van der Waals surface area contributed by atoms with Crippen LogP contribution in [-0.2, 0) is 0 Å². The molecule has 2 rings (SSSR count). The number of nitrogens with two attached hydrogens (primary N) is 1. The minimum Gasteiger partial charge on any atom is -0.478 e. The van der Waals surface area contributed by atoms with Gasteiger partial charge in [-0.15, -0.1) is 0 Å². The standard InChI is InChI=1S/C12H10N4O3/c13-8-1-2-10(9(5-8)12(18)19)16-11(17)7-3-4-14-15-6-7/h1-6H,13H2,(H,16,17)(H,18,19). The van der Waals surface area contributed by atoms with Crippen LogP contribution in [-0.4, -0.2) is 27.2 Å². The molecule has 0 radical (unpaired) electrons. The molecule has 7 heteroatoms. The molecule has 19 heavy (non-hydrogen) atoms. The summed E-state index contributed by atoms with van der Waals surface area (Å²) in [5.41, 5.74) is 6.20. The average Bonchev–Trinajstić information content (AvgIpc) is 2.41. The van der Waals surface area contributed by atoms with Crippen molar-refractivity contribution in [2.75, 3.05) is 11.1 Å². The van der Waals surface area contributed by atoms with Crippen molar-refractivity contribution in [3.63, 3.8) is 0 Å².